The van der Waals surface area contributed by atoms with Gasteiger partial charge in [0.1, 0.15) is 6.04 Å². The number of benzene rings is 2. The molecule has 5 heteroatoms. The summed E-state index contributed by atoms with van der Waals surface area (Å²) in [5.74, 6) is -0.134. The number of H-pyrrole nitrogens is 1. The molecule has 1 saturated heterocycles. The summed E-state index contributed by atoms with van der Waals surface area (Å²) in [7, 11) is 0. The normalized spacial score (nSPS) is 19.5. The van der Waals surface area contributed by atoms with Crippen LogP contribution in [0.4, 0.5) is 10.5 Å². The van der Waals surface area contributed by atoms with Gasteiger partial charge in [0.15, 0.2) is 0 Å². The van der Waals surface area contributed by atoms with E-state index in [1.165, 1.54) is 4.90 Å². The van der Waals surface area contributed by atoms with Crippen LogP contribution in [0.3, 0.4) is 0 Å². The molecule has 0 saturated carbocycles. The molecular weight excluding hydrogens is 314 g/mol. The first-order chi connectivity index (χ1) is 12.1. The van der Waals surface area contributed by atoms with Gasteiger partial charge in [-0.3, -0.25) is 4.79 Å². The maximum atomic E-state index is 13.0. The first-order valence-corrected chi connectivity index (χ1v) is 8.43. The zero-order valence-corrected chi connectivity index (χ0v) is 13.8. The van der Waals surface area contributed by atoms with E-state index in [0.29, 0.717) is 18.7 Å². The van der Waals surface area contributed by atoms with Crippen LogP contribution in [0.15, 0.2) is 48.5 Å². The largest absolute Gasteiger partial charge is 0.357 e. The molecule has 1 atom stereocenters. The molecule has 0 spiro atoms. The minimum atomic E-state index is -0.416. The summed E-state index contributed by atoms with van der Waals surface area (Å²) in [5, 5.41) is 1.14. The van der Waals surface area contributed by atoms with Crippen molar-refractivity contribution in [3.63, 3.8) is 0 Å². The lowest BCUT2D eigenvalue weighted by Crippen LogP contribution is -2.39. The number of carbonyl (C=O) groups is 2. The predicted molar refractivity (Wildman–Crippen MR) is 95.4 cm³/mol. The van der Waals surface area contributed by atoms with Crippen LogP contribution in [0.25, 0.3) is 10.9 Å². The van der Waals surface area contributed by atoms with Gasteiger partial charge >= 0.3 is 6.03 Å². The van der Waals surface area contributed by atoms with Crippen molar-refractivity contribution in [1.29, 1.82) is 0 Å². The maximum absolute atomic E-state index is 13.0. The van der Waals surface area contributed by atoms with E-state index in [1.807, 2.05) is 49.4 Å². The highest BCUT2D eigenvalue weighted by Gasteiger charge is 2.48. The molecule has 2 aliphatic heterocycles. The van der Waals surface area contributed by atoms with E-state index >= 15 is 0 Å². The lowest BCUT2D eigenvalue weighted by molar-refractivity contribution is -0.119. The maximum Gasteiger partial charge on any atom is 0.332 e. The number of aromatic nitrogens is 1. The first kappa shape index (κ1) is 14.3. The number of anilines is 1. The van der Waals surface area contributed by atoms with E-state index in [-0.39, 0.29) is 11.9 Å². The van der Waals surface area contributed by atoms with E-state index in [9.17, 15) is 9.59 Å². The minimum Gasteiger partial charge on any atom is -0.357 e. The topological polar surface area (TPSA) is 56.4 Å². The lowest BCUT2D eigenvalue weighted by Gasteiger charge is -2.26. The Labute approximate surface area is 144 Å². The van der Waals surface area contributed by atoms with E-state index in [2.05, 4.69) is 11.1 Å². The fraction of sp³-hybridized carbons (Fsp3) is 0.200. The molecule has 2 aliphatic rings. The van der Waals surface area contributed by atoms with E-state index in [1.54, 1.807) is 4.90 Å². The fourth-order valence-electron chi connectivity index (χ4n) is 3.93. The summed E-state index contributed by atoms with van der Waals surface area (Å²) in [5.41, 5.74) is 4.99. The third-order valence-electron chi connectivity index (χ3n) is 5.24. The molecule has 3 aromatic rings. The molecule has 3 heterocycles. The van der Waals surface area contributed by atoms with Gasteiger partial charge in [0.25, 0.3) is 5.91 Å². The molecule has 1 aromatic heterocycles. The Morgan fingerprint density at radius 3 is 2.60 bits per heavy atom. The van der Waals surface area contributed by atoms with Crippen molar-refractivity contribution < 1.29 is 9.59 Å². The van der Waals surface area contributed by atoms with Crippen LogP contribution in [-0.2, 0) is 17.8 Å². The molecule has 1 fully saturated rings. The number of nitrogens with zero attached hydrogens (tertiary/aromatic N) is 2. The number of hydrogen-bond donors (Lipinski definition) is 1. The molecule has 0 radical (unpaired) electrons. The van der Waals surface area contributed by atoms with Crippen molar-refractivity contribution in [2.75, 3.05) is 4.90 Å². The molecule has 25 heavy (non-hydrogen) atoms. The highest BCUT2D eigenvalue weighted by Crippen LogP contribution is 2.35. The third-order valence-corrected chi connectivity index (χ3v) is 5.24. The van der Waals surface area contributed by atoms with Gasteiger partial charge < -0.3 is 9.88 Å². The van der Waals surface area contributed by atoms with Crippen LogP contribution >= 0.6 is 0 Å². The summed E-state index contributed by atoms with van der Waals surface area (Å²) in [6, 6.07) is 14.9. The number of para-hydroxylation sites is 1. The minimum absolute atomic E-state index is 0.134. The van der Waals surface area contributed by atoms with Crippen molar-refractivity contribution in [3.05, 3.63) is 65.4 Å². The number of carbonyl (C=O) groups excluding carboxylic acids is 2. The molecule has 124 valence electrons. The van der Waals surface area contributed by atoms with Gasteiger partial charge in [0.05, 0.1) is 12.2 Å². The average Bonchev–Trinajstić information content (AvgIpc) is 3.10. The smallest absolute Gasteiger partial charge is 0.332 e. The summed E-state index contributed by atoms with van der Waals surface area (Å²) in [6.45, 7) is 2.43. The Bertz CT molecular complexity index is 1020. The molecule has 5 nitrogen and oxygen atoms in total. The number of rotatable bonds is 1. The number of amides is 3. The highest BCUT2D eigenvalue weighted by atomic mass is 16.2. The van der Waals surface area contributed by atoms with Crippen molar-refractivity contribution in [2.45, 2.75) is 25.9 Å². The monoisotopic (exact) mass is 331 g/mol. The second kappa shape index (κ2) is 4.96. The van der Waals surface area contributed by atoms with Crippen LogP contribution in [0, 0.1) is 6.92 Å². The molecule has 5 rings (SSSR count). The predicted octanol–water partition coefficient (Wildman–Crippen LogP) is 3.37. The van der Waals surface area contributed by atoms with Gasteiger partial charge in [0.2, 0.25) is 0 Å². The van der Waals surface area contributed by atoms with Crippen molar-refractivity contribution in [3.8, 4) is 0 Å². The number of hydrogen-bond acceptors (Lipinski definition) is 2. The Morgan fingerprint density at radius 2 is 1.80 bits per heavy atom. The zero-order valence-electron chi connectivity index (χ0n) is 13.8. The van der Waals surface area contributed by atoms with Gasteiger partial charge in [-0.2, -0.15) is 0 Å². The molecule has 0 bridgehead atoms. The number of aromatic amines is 1. The summed E-state index contributed by atoms with van der Waals surface area (Å²) < 4.78 is 0. The van der Waals surface area contributed by atoms with Crippen LogP contribution in [0.5, 0.6) is 0 Å². The van der Waals surface area contributed by atoms with Crippen molar-refractivity contribution in [2.24, 2.45) is 0 Å². The molecule has 0 aliphatic carbocycles. The molecule has 3 amide bonds. The van der Waals surface area contributed by atoms with Gasteiger partial charge in [-0.25, -0.2) is 9.69 Å². The number of imide groups is 1. The summed E-state index contributed by atoms with van der Waals surface area (Å²) in [6.07, 6.45) is 0.562. The summed E-state index contributed by atoms with van der Waals surface area (Å²) >= 11 is 0. The standard InChI is InChI=1S/C20H17N3O2/c1-12-6-8-13(9-7-12)23-19(24)18-10-15-14-4-2-3-5-16(14)21-17(15)11-22(18)20(23)25/h2-9,18,21H,10-11H2,1H3. The van der Waals surface area contributed by atoms with Gasteiger partial charge in [0, 0.05) is 23.0 Å². The van der Waals surface area contributed by atoms with Crippen LogP contribution in [0.2, 0.25) is 0 Å². The Morgan fingerprint density at radius 1 is 1.04 bits per heavy atom. The van der Waals surface area contributed by atoms with E-state index < -0.39 is 6.04 Å². The number of fused-ring (bicyclic) bond motifs is 4. The van der Waals surface area contributed by atoms with E-state index in [0.717, 1.165) is 27.7 Å². The van der Waals surface area contributed by atoms with Crippen molar-refractivity contribution >= 4 is 28.5 Å². The number of nitrogens with one attached hydrogen (secondary N) is 1. The Balaban J connectivity index is 1.55. The first-order valence-electron chi connectivity index (χ1n) is 8.43. The van der Waals surface area contributed by atoms with Crippen LogP contribution < -0.4 is 4.90 Å². The Hall–Kier alpha value is -3.08. The van der Waals surface area contributed by atoms with Crippen LogP contribution in [-0.4, -0.2) is 27.9 Å². The van der Waals surface area contributed by atoms with Gasteiger partial charge in [-0.1, -0.05) is 35.9 Å². The highest BCUT2D eigenvalue weighted by molar-refractivity contribution is 6.21. The van der Waals surface area contributed by atoms with Crippen molar-refractivity contribution in [1.82, 2.24) is 9.88 Å². The molecule has 2 aromatic carbocycles. The second-order valence-electron chi connectivity index (χ2n) is 6.77. The third kappa shape index (κ3) is 1.95. The molecular formula is C20H17N3O2. The fourth-order valence-corrected chi connectivity index (χ4v) is 3.93. The average molecular weight is 331 g/mol. The second-order valence-corrected chi connectivity index (χ2v) is 6.77. The SMILES string of the molecule is Cc1ccc(N2C(=O)C3Cc4c([nH]c5ccccc45)CN3C2=O)cc1. The lowest BCUT2D eigenvalue weighted by atomic mass is 9.97. The number of aryl methyl sites for hydroxylation is 1. The van der Waals surface area contributed by atoms with Crippen LogP contribution in [0.1, 0.15) is 16.8 Å². The summed E-state index contributed by atoms with van der Waals surface area (Å²) in [4.78, 5) is 32.2. The quantitative estimate of drug-likeness (QED) is 0.695. The van der Waals surface area contributed by atoms with E-state index in [4.69, 9.17) is 0 Å². The van der Waals surface area contributed by atoms with Gasteiger partial charge in [-0.05, 0) is 30.7 Å². The zero-order chi connectivity index (χ0) is 17.1. The number of urea groups is 1. The Kier molecular flexibility index (Phi) is 2.83. The molecule has 1 unspecified atom stereocenters. The van der Waals surface area contributed by atoms with Gasteiger partial charge in [-0.15, -0.1) is 0 Å². The molecule has 1 N–H and O–H groups in total.